The summed E-state index contributed by atoms with van der Waals surface area (Å²) in [4.78, 5) is 6.99. The average molecular weight is 154 g/mol. The van der Waals surface area contributed by atoms with Gasteiger partial charge in [-0.3, -0.25) is 0 Å². The number of hydrogen-bond acceptors (Lipinski definition) is 1. The molecule has 0 heterocycles. The second kappa shape index (κ2) is 8.82. The summed E-state index contributed by atoms with van der Waals surface area (Å²) in [5, 5.41) is 0. The van der Waals surface area contributed by atoms with Crippen LogP contribution in [-0.2, 0) is 4.57 Å². The molecule has 0 spiro atoms. The van der Waals surface area contributed by atoms with Gasteiger partial charge in [0.15, 0.2) is 0 Å². The first-order chi connectivity index (χ1) is 1.41. The summed E-state index contributed by atoms with van der Waals surface area (Å²) in [5.74, 6) is 0. The zero-order chi connectivity index (χ0) is 2.71. The first-order valence-electron chi connectivity index (χ1n) is 0.383. The predicted molar refractivity (Wildman–Crippen MR) is 17.8 cm³/mol. The Labute approximate surface area is 65.7 Å². The van der Waals surface area contributed by atoms with E-state index in [4.69, 9.17) is 9.46 Å². The minimum absolute atomic E-state index is 0. The first kappa shape index (κ1) is 9.11. The van der Waals surface area contributed by atoms with E-state index in [9.17, 15) is 0 Å². The standard InChI is InChI=1S/HO2P.Sr.2H/c1-3-2;;;/h(H,1,2);;;/q;+2;2*-1. The van der Waals surface area contributed by atoms with Crippen molar-refractivity contribution in [3.05, 3.63) is 0 Å². The Bertz CT molecular complexity index is 19.0. The van der Waals surface area contributed by atoms with Gasteiger partial charge in [-0.05, 0) is 0 Å². The Kier molecular flexibility index (Phi) is 20.1. The van der Waals surface area contributed by atoms with E-state index in [0.29, 0.717) is 0 Å². The molecule has 4 heavy (non-hydrogen) atoms. The van der Waals surface area contributed by atoms with Crippen LogP contribution in [0.15, 0.2) is 0 Å². The van der Waals surface area contributed by atoms with Crippen LogP contribution in [0.2, 0.25) is 0 Å². The van der Waals surface area contributed by atoms with Crippen LogP contribution >= 0.6 is 8.69 Å². The Balaban J connectivity index is -0.00000000667. The first-order valence-corrected chi connectivity index (χ1v) is 1.15. The molecule has 0 bridgehead atoms. The molecule has 0 aromatic rings. The van der Waals surface area contributed by atoms with Crippen molar-refractivity contribution in [2.45, 2.75) is 0 Å². The van der Waals surface area contributed by atoms with Crippen molar-refractivity contribution < 1.29 is 12.3 Å². The molecule has 0 aliphatic rings. The van der Waals surface area contributed by atoms with Crippen LogP contribution in [-0.4, -0.2) is 50.4 Å². The minimum atomic E-state index is -0.833. The maximum atomic E-state index is 8.46. The fraction of sp³-hybridized carbons (Fsp3) is 0. The Hall–Kier alpha value is 1.54. The summed E-state index contributed by atoms with van der Waals surface area (Å²) >= 11 is 0. The molecule has 0 atom stereocenters. The molecule has 22 valence electrons. The van der Waals surface area contributed by atoms with E-state index in [2.05, 4.69) is 0 Å². The van der Waals surface area contributed by atoms with Gasteiger partial charge in [0.05, 0.1) is 0 Å². The molecule has 2 nitrogen and oxygen atoms in total. The van der Waals surface area contributed by atoms with Crippen molar-refractivity contribution in [2.24, 2.45) is 0 Å². The van der Waals surface area contributed by atoms with Crippen LogP contribution in [0.4, 0.5) is 0 Å². The predicted octanol–water partition coefficient (Wildman–Crippen LogP) is 0.0296. The van der Waals surface area contributed by atoms with Crippen LogP contribution in [0.25, 0.3) is 0 Å². The zero-order valence-corrected chi connectivity index (χ0v) is 6.38. The van der Waals surface area contributed by atoms with Crippen molar-refractivity contribution in [3.8, 4) is 0 Å². The molecule has 0 radical (unpaired) electrons. The third kappa shape index (κ3) is 9.63. The Morgan fingerprint density at radius 1 is 2.00 bits per heavy atom. The summed E-state index contributed by atoms with van der Waals surface area (Å²) < 4.78 is 8.46. The van der Waals surface area contributed by atoms with E-state index in [-0.39, 0.29) is 48.3 Å². The van der Waals surface area contributed by atoms with Gasteiger partial charge in [0, 0.05) is 0 Å². The molecular weight excluding hydrogens is 151 g/mol. The molecule has 0 aromatic carbocycles. The molecule has 0 aliphatic carbocycles. The third-order valence-corrected chi connectivity index (χ3v) is 0. The van der Waals surface area contributed by atoms with Crippen LogP contribution in [0.1, 0.15) is 2.85 Å². The molecule has 0 aromatic heterocycles. The van der Waals surface area contributed by atoms with E-state index in [1.807, 2.05) is 0 Å². The number of hydrogen-bond donors (Lipinski definition) is 1. The van der Waals surface area contributed by atoms with Crippen LogP contribution < -0.4 is 0 Å². The molecule has 0 unspecified atom stereocenters. The SMILES string of the molecule is O=PO.[H-].[H-].[Sr+2]. The van der Waals surface area contributed by atoms with E-state index in [1.165, 1.54) is 0 Å². The van der Waals surface area contributed by atoms with Crippen LogP contribution in [0.3, 0.4) is 0 Å². The van der Waals surface area contributed by atoms with Crippen LogP contribution in [0.5, 0.6) is 0 Å². The van der Waals surface area contributed by atoms with Crippen molar-refractivity contribution in [1.29, 1.82) is 0 Å². The summed E-state index contributed by atoms with van der Waals surface area (Å²) in [6.07, 6.45) is 0. The van der Waals surface area contributed by atoms with Crippen molar-refractivity contribution in [2.75, 3.05) is 0 Å². The second-order valence-electron chi connectivity index (χ2n) is 0.0816. The maximum Gasteiger partial charge on any atom is 2.00 e. The molecule has 0 amide bonds. The normalized spacial score (nSPS) is 5.25. The van der Waals surface area contributed by atoms with E-state index < -0.39 is 8.69 Å². The van der Waals surface area contributed by atoms with Crippen molar-refractivity contribution in [1.82, 2.24) is 0 Å². The molecule has 1 N–H and O–H groups in total. The summed E-state index contributed by atoms with van der Waals surface area (Å²) in [6.45, 7) is 0. The largest absolute Gasteiger partial charge is 2.00 e. The molecular formula is H3O2PSr. The van der Waals surface area contributed by atoms with Gasteiger partial charge < -0.3 is 7.75 Å². The maximum absolute atomic E-state index is 8.46. The van der Waals surface area contributed by atoms with Gasteiger partial charge >= 0.3 is 54.2 Å². The van der Waals surface area contributed by atoms with Crippen molar-refractivity contribution in [3.63, 3.8) is 0 Å². The van der Waals surface area contributed by atoms with Gasteiger partial charge in [-0.2, -0.15) is 0 Å². The Morgan fingerprint density at radius 2 is 2.00 bits per heavy atom. The molecule has 0 fully saturated rings. The van der Waals surface area contributed by atoms with Crippen molar-refractivity contribution >= 4 is 54.2 Å². The quantitative estimate of drug-likeness (QED) is 0.394. The molecule has 4 heteroatoms. The topological polar surface area (TPSA) is 37.3 Å². The molecule has 0 aliphatic heterocycles. The fourth-order valence-electron chi connectivity index (χ4n) is 0. The van der Waals surface area contributed by atoms with Gasteiger partial charge in [0.25, 0.3) is 0 Å². The van der Waals surface area contributed by atoms with E-state index in [1.54, 1.807) is 0 Å². The summed E-state index contributed by atoms with van der Waals surface area (Å²) in [7, 11) is -0.833. The molecule has 0 rings (SSSR count). The van der Waals surface area contributed by atoms with Gasteiger partial charge in [-0.25, -0.2) is 4.57 Å². The summed E-state index contributed by atoms with van der Waals surface area (Å²) in [6, 6.07) is 0. The minimum Gasteiger partial charge on any atom is -1.00 e. The fourth-order valence-corrected chi connectivity index (χ4v) is 0. The molecule has 0 saturated heterocycles. The Morgan fingerprint density at radius 3 is 2.00 bits per heavy atom. The van der Waals surface area contributed by atoms with Gasteiger partial charge in [0.2, 0.25) is 0 Å². The van der Waals surface area contributed by atoms with E-state index >= 15 is 0 Å². The van der Waals surface area contributed by atoms with E-state index in [0.717, 1.165) is 0 Å². The average Bonchev–Trinajstić information content (AvgIpc) is 0.918. The smallest absolute Gasteiger partial charge is 1.00 e. The van der Waals surface area contributed by atoms with Gasteiger partial charge in [-0.15, -0.1) is 0 Å². The summed E-state index contributed by atoms with van der Waals surface area (Å²) in [5.41, 5.74) is 0. The second-order valence-corrected chi connectivity index (χ2v) is 0.245. The van der Waals surface area contributed by atoms with Crippen LogP contribution in [0, 0.1) is 0 Å². The monoisotopic (exact) mass is 154 g/mol. The number of rotatable bonds is 0. The zero-order valence-electron chi connectivity index (χ0n) is 4.01. The third-order valence-electron chi connectivity index (χ3n) is 0. The van der Waals surface area contributed by atoms with Gasteiger partial charge in [-0.1, -0.05) is 0 Å². The molecule has 0 saturated carbocycles. The van der Waals surface area contributed by atoms with Gasteiger partial charge in [0.1, 0.15) is 0 Å².